The zero-order chi connectivity index (χ0) is 12.7. The molecule has 0 amide bonds. The van der Waals surface area contributed by atoms with E-state index in [-0.39, 0.29) is 0 Å². The van der Waals surface area contributed by atoms with Crippen LogP contribution in [0.4, 0.5) is 0 Å². The summed E-state index contributed by atoms with van der Waals surface area (Å²) in [7, 11) is 0. The van der Waals surface area contributed by atoms with Crippen LogP contribution in [0.25, 0.3) is 0 Å². The molecule has 1 unspecified atom stereocenters. The van der Waals surface area contributed by atoms with Crippen molar-refractivity contribution >= 4 is 5.97 Å². The Labute approximate surface area is 105 Å². The summed E-state index contributed by atoms with van der Waals surface area (Å²) in [4.78, 5) is 11.6. The highest BCUT2D eigenvalue weighted by Crippen LogP contribution is 2.27. The van der Waals surface area contributed by atoms with Gasteiger partial charge in [-0.3, -0.25) is 10.1 Å². The van der Waals surface area contributed by atoms with Gasteiger partial charge in [0.05, 0.1) is 0 Å². The van der Waals surface area contributed by atoms with Gasteiger partial charge in [0, 0.05) is 6.04 Å². The van der Waals surface area contributed by atoms with Gasteiger partial charge in [0.25, 0.3) is 0 Å². The molecule has 0 heterocycles. The SMILES string of the molecule is CCCC(C)NC1(C(=O)O)CCCCCCC1. The summed E-state index contributed by atoms with van der Waals surface area (Å²) in [5.41, 5.74) is -0.658. The van der Waals surface area contributed by atoms with Gasteiger partial charge in [-0.1, -0.05) is 45.4 Å². The van der Waals surface area contributed by atoms with Crippen LogP contribution in [0, 0.1) is 0 Å². The number of hydrogen-bond donors (Lipinski definition) is 2. The second kappa shape index (κ2) is 7.00. The second-order valence-electron chi connectivity index (χ2n) is 5.49. The molecule has 2 N–H and O–H groups in total. The van der Waals surface area contributed by atoms with Crippen LogP contribution < -0.4 is 5.32 Å². The molecule has 3 heteroatoms. The number of nitrogens with one attached hydrogen (secondary N) is 1. The zero-order valence-electron chi connectivity index (χ0n) is 11.3. The standard InChI is InChI=1S/C14H27NO2/c1-3-9-12(2)15-14(13(16)17)10-7-5-4-6-8-11-14/h12,15H,3-11H2,1-2H3,(H,16,17). The van der Waals surface area contributed by atoms with Crippen molar-refractivity contribution in [1.82, 2.24) is 5.32 Å². The predicted molar refractivity (Wildman–Crippen MR) is 70.2 cm³/mol. The molecule has 1 atom stereocenters. The van der Waals surface area contributed by atoms with Crippen molar-refractivity contribution in [2.45, 2.75) is 83.2 Å². The van der Waals surface area contributed by atoms with Crippen LogP contribution in [0.5, 0.6) is 0 Å². The van der Waals surface area contributed by atoms with Gasteiger partial charge in [-0.25, -0.2) is 0 Å². The van der Waals surface area contributed by atoms with Crippen LogP contribution in [-0.2, 0) is 4.79 Å². The largest absolute Gasteiger partial charge is 0.480 e. The van der Waals surface area contributed by atoms with Gasteiger partial charge in [-0.2, -0.15) is 0 Å². The summed E-state index contributed by atoms with van der Waals surface area (Å²) in [5, 5.41) is 13.0. The fourth-order valence-corrected chi connectivity index (χ4v) is 2.91. The summed E-state index contributed by atoms with van der Waals surface area (Å²) in [6.07, 6.45) is 9.43. The van der Waals surface area contributed by atoms with E-state index in [0.717, 1.165) is 38.5 Å². The monoisotopic (exact) mass is 241 g/mol. The number of carbonyl (C=O) groups is 1. The third-order valence-electron chi connectivity index (χ3n) is 3.86. The molecule has 17 heavy (non-hydrogen) atoms. The molecule has 3 nitrogen and oxygen atoms in total. The van der Waals surface area contributed by atoms with Crippen LogP contribution >= 0.6 is 0 Å². The molecule has 1 aliphatic rings. The predicted octanol–water partition coefficient (Wildman–Crippen LogP) is 3.33. The average molecular weight is 241 g/mol. The van der Waals surface area contributed by atoms with Crippen molar-refractivity contribution in [3.8, 4) is 0 Å². The minimum absolute atomic E-state index is 0.301. The maximum atomic E-state index is 11.6. The molecule has 0 saturated heterocycles. The van der Waals surface area contributed by atoms with Crippen molar-refractivity contribution in [3.63, 3.8) is 0 Å². The molecule has 0 aromatic heterocycles. The fraction of sp³-hybridized carbons (Fsp3) is 0.929. The first-order chi connectivity index (χ1) is 8.10. The van der Waals surface area contributed by atoms with Gasteiger partial charge < -0.3 is 5.11 Å². The number of carboxylic acid groups (broad SMARTS) is 1. The Morgan fingerprint density at radius 3 is 2.24 bits per heavy atom. The highest BCUT2D eigenvalue weighted by atomic mass is 16.4. The average Bonchev–Trinajstić information content (AvgIpc) is 2.22. The molecular formula is C14H27NO2. The van der Waals surface area contributed by atoms with Crippen LogP contribution in [0.2, 0.25) is 0 Å². The lowest BCUT2D eigenvalue weighted by molar-refractivity contribution is -0.146. The molecular weight excluding hydrogens is 214 g/mol. The van der Waals surface area contributed by atoms with Gasteiger partial charge in [-0.05, 0) is 26.2 Å². The third kappa shape index (κ3) is 4.30. The first kappa shape index (κ1) is 14.5. The van der Waals surface area contributed by atoms with Crippen molar-refractivity contribution in [2.75, 3.05) is 0 Å². The van der Waals surface area contributed by atoms with Crippen LogP contribution in [0.15, 0.2) is 0 Å². The van der Waals surface area contributed by atoms with E-state index in [0.29, 0.717) is 6.04 Å². The number of hydrogen-bond acceptors (Lipinski definition) is 2. The highest BCUT2D eigenvalue weighted by Gasteiger charge is 2.38. The smallest absolute Gasteiger partial charge is 0.323 e. The Balaban J connectivity index is 2.67. The molecule has 0 radical (unpaired) electrons. The minimum atomic E-state index is -0.658. The first-order valence-corrected chi connectivity index (χ1v) is 7.12. The van der Waals surface area contributed by atoms with E-state index in [1.807, 2.05) is 0 Å². The number of rotatable bonds is 5. The number of carboxylic acids is 1. The summed E-state index contributed by atoms with van der Waals surface area (Å²) >= 11 is 0. The van der Waals surface area contributed by atoms with Gasteiger partial charge >= 0.3 is 5.97 Å². The van der Waals surface area contributed by atoms with Crippen LogP contribution in [0.3, 0.4) is 0 Å². The van der Waals surface area contributed by atoms with Crippen molar-refractivity contribution in [1.29, 1.82) is 0 Å². The van der Waals surface area contributed by atoms with E-state index < -0.39 is 11.5 Å². The Hall–Kier alpha value is -0.570. The normalized spacial score (nSPS) is 22.5. The zero-order valence-corrected chi connectivity index (χ0v) is 11.3. The Morgan fingerprint density at radius 2 is 1.76 bits per heavy atom. The summed E-state index contributed by atoms with van der Waals surface area (Å²) in [6, 6.07) is 0.301. The lowest BCUT2D eigenvalue weighted by Gasteiger charge is -2.35. The van der Waals surface area contributed by atoms with Gasteiger partial charge in [0.15, 0.2) is 0 Å². The molecule has 0 aromatic carbocycles. The summed E-state index contributed by atoms with van der Waals surface area (Å²) < 4.78 is 0. The van der Waals surface area contributed by atoms with Gasteiger partial charge in [0.1, 0.15) is 5.54 Å². The highest BCUT2D eigenvalue weighted by molar-refractivity contribution is 5.78. The summed E-state index contributed by atoms with van der Waals surface area (Å²) in [5.74, 6) is -0.651. The molecule has 0 aromatic rings. The lowest BCUT2D eigenvalue weighted by Crippen LogP contribution is -2.55. The molecule has 1 saturated carbocycles. The quantitative estimate of drug-likeness (QED) is 0.776. The second-order valence-corrected chi connectivity index (χ2v) is 5.49. The van der Waals surface area contributed by atoms with Crippen LogP contribution in [-0.4, -0.2) is 22.7 Å². The maximum Gasteiger partial charge on any atom is 0.323 e. The van der Waals surface area contributed by atoms with Crippen molar-refractivity contribution in [2.24, 2.45) is 0 Å². The maximum absolute atomic E-state index is 11.6. The van der Waals surface area contributed by atoms with Crippen LogP contribution in [0.1, 0.15) is 71.6 Å². The van der Waals surface area contributed by atoms with Gasteiger partial charge in [-0.15, -0.1) is 0 Å². The number of aliphatic carboxylic acids is 1. The van der Waals surface area contributed by atoms with E-state index >= 15 is 0 Å². The Morgan fingerprint density at radius 1 is 1.24 bits per heavy atom. The third-order valence-corrected chi connectivity index (χ3v) is 3.86. The van der Waals surface area contributed by atoms with Crippen molar-refractivity contribution < 1.29 is 9.90 Å². The van der Waals surface area contributed by atoms with Crippen molar-refractivity contribution in [3.05, 3.63) is 0 Å². The van der Waals surface area contributed by atoms with E-state index in [4.69, 9.17) is 0 Å². The summed E-state index contributed by atoms with van der Waals surface area (Å²) in [6.45, 7) is 4.25. The lowest BCUT2D eigenvalue weighted by atomic mass is 9.83. The van der Waals surface area contributed by atoms with Gasteiger partial charge in [0.2, 0.25) is 0 Å². The first-order valence-electron chi connectivity index (χ1n) is 7.12. The molecule has 100 valence electrons. The molecule has 0 bridgehead atoms. The Kier molecular flexibility index (Phi) is 5.96. The molecule has 1 rings (SSSR count). The minimum Gasteiger partial charge on any atom is -0.480 e. The van der Waals surface area contributed by atoms with E-state index in [1.54, 1.807) is 0 Å². The molecule has 1 fully saturated rings. The molecule has 0 spiro atoms. The van der Waals surface area contributed by atoms with E-state index in [2.05, 4.69) is 19.2 Å². The molecule has 0 aliphatic heterocycles. The van der Waals surface area contributed by atoms with E-state index in [9.17, 15) is 9.90 Å². The van der Waals surface area contributed by atoms with E-state index in [1.165, 1.54) is 19.3 Å². The Bertz CT molecular complexity index is 232. The molecule has 1 aliphatic carbocycles. The fourth-order valence-electron chi connectivity index (χ4n) is 2.91. The topological polar surface area (TPSA) is 49.3 Å².